The Balaban J connectivity index is 1.54. The van der Waals surface area contributed by atoms with Crippen molar-refractivity contribution in [2.45, 2.75) is 30.6 Å². The Morgan fingerprint density at radius 2 is 2.17 bits per heavy atom. The number of imide groups is 1. The summed E-state index contributed by atoms with van der Waals surface area (Å²) in [7, 11) is 1.63. The molecule has 1 N–H and O–H groups in total. The summed E-state index contributed by atoms with van der Waals surface area (Å²) >= 11 is 1.29. The molecular weight excluding hydrogens is 394 g/mol. The number of nitrogens with one attached hydrogen (secondary N) is 1. The molecule has 1 atom stereocenters. The fourth-order valence-electron chi connectivity index (χ4n) is 3.42. The smallest absolute Gasteiger partial charge is 0.324 e. The molecule has 1 aromatic heterocycles. The minimum Gasteiger partial charge on any atom is -0.497 e. The average Bonchev–Trinajstić information content (AvgIpc) is 3.49. The Hall–Kier alpha value is -2.59. The summed E-state index contributed by atoms with van der Waals surface area (Å²) < 4.78 is 13.0. The van der Waals surface area contributed by atoms with Gasteiger partial charge in [-0.15, -0.1) is 10.2 Å². The summed E-state index contributed by atoms with van der Waals surface area (Å²) in [6.45, 7) is 2.27. The van der Waals surface area contributed by atoms with E-state index >= 15 is 0 Å². The van der Waals surface area contributed by atoms with Gasteiger partial charge in [0.05, 0.1) is 25.5 Å². The molecule has 29 heavy (non-hydrogen) atoms. The van der Waals surface area contributed by atoms with E-state index < -0.39 is 0 Å². The highest BCUT2D eigenvalue weighted by molar-refractivity contribution is 7.99. The third-order valence-electron chi connectivity index (χ3n) is 4.96. The lowest BCUT2D eigenvalue weighted by molar-refractivity contribution is -0.124. The number of rotatable bonds is 7. The molecule has 0 spiro atoms. The maximum atomic E-state index is 12.4. The highest BCUT2D eigenvalue weighted by Gasteiger charge is 2.27. The zero-order valence-corrected chi connectivity index (χ0v) is 17.0. The number of benzene rings is 1. The van der Waals surface area contributed by atoms with E-state index in [9.17, 15) is 9.59 Å². The molecule has 2 aromatic rings. The zero-order chi connectivity index (χ0) is 20.2. The first-order valence-corrected chi connectivity index (χ1v) is 10.5. The number of urea groups is 1. The van der Waals surface area contributed by atoms with Crippen LogP contribution in [0.5, 0.6) is 5.75 Å². The molecule has 154 valence electrons. The molecule has 2 saturated heterocycles. The molecule has 9 nitrogen and oxygen atoms in total. The van der Waals surface area contributed by atoms with Crippen LogP contribution in [0.15, 0.2) is 29.4 Å². The largest absolute Gasteiger partial charge is 0.497 e. The normalized spacial score (nSPS) is 18.9. The number of hydrogen-bond acceptors (Lipinski definition) is 7. The van der Waals surface area contributed by atoms with Gasteiger partial charge in [0.2, 0.25) is 5.91 Å². The lowest BCUT2D eigenvalue weighted by Crippen LogP contribution is -2.35. The van der Waals surface area contributed by atoms with Crippen LogP contribution in [0.2, 0.25) is 0 Å². The second kappa shape index (κ2) is 8.83. The second-order valence-electron chi connectivity index (χ2n) is 6.85. The molecule has 2 fully saturated rings. The topological polar surface area (TPSA) is 98.6 Å². The van der Waals surface area contributed by atoms with Crippen molar-refractivity contribution in [1.29, 1.82) is 0 Å². The van der Waals surface area contributed by atoms with Gasteiger partial charge < -0.3 is 14.8 Å². The van der Waals surface area contributed by atoms with Gasteiger partial charge in [0.25, 0.3) is 0 Å². The van der Waals surface area contributed by atoms with Crippen molar-refractivity contribution in [2.75, 3.05) is 32.6 Å². The van der Waals surface area contributed by atoms with E-state index in [4.69, 9.17) is 9.47 Å². The quantitative estimate of drug-likeness (QED) is 0.686. The van der Waals surface area contributed by atoms with Crippen LogP contribution in [0, 0.1) is 0 Å². The van der Waals surface area contributed by atoms with E-state index in [1.807, 2.05) is 28.8 Å². The lowest BCUT2D eigenvalue weighted by Gasteiger charge is -2.15. The van der Waals surface area contributed by atoms with Crippen LogP contribution in [0.1, 0.15) is 12.8 Å². The summed E-state index contributed by atoms with van der Waals surface area (Å²) in [6, 6.07) is 7.28. The Morgan fingerprint density at radius 1 is 1.34 bits per heavy atom. The number of hydrogen-bond donors (Lipinski definition) is 1. The Morgan fingerprint density at radius 3 is 2.83 bits per heavy atom. The van der Waals surface area contributed by atoms with Gasteiger partial charge in [-0.3, -0.25) is 14.3 Å². The minimum absolute atomic E-state index is 0.0995. The summed E-state index contributed by atoms with van der Waals surface area (Å²) in [5, 5.41) is 12.0. The zero-order valence-electron chi connectivity index (χ0n) is 16.2. The van der Waals surface area contributed by atoms with E-state index in [1.54, 1.807) is 7.11 Å². The summed E-state index contributed by atoms with van der Waals surface area (Å²) in [5.74, 6) is 1.38. The van der Waals surface area contributed by atoms with Crippen molar-refractivity contribution in [3.63, 3.8) is 0 Å². The van der Waals surface area contributed by atoms with Crippen LogP contribution in [0.3, 0.4) is 0 Å². The van der Waals surface area contributed by atoms with E-state index in [1.165, 1.54) is 16.7 Å². The third kappa shape index (κ3) is 4.38. The fraction of sp³-hybridized carbons (Fsp3) is 0.474. The third-order valence-corrected chi connectivity index (χ3v) is 5.91. The van der Waals surface area contributed by atoms with Crippen LogP contribution in [0.25, 0.3) is 11.4 Å². The number of aromatic nitrogens is 3. The van der Waals surface area contributed by atoms with Crippen LogP contribution in [-0.2, 0) is 16.1 Å². The number of methoxy groups -OCH3 is 1. The molecule has 3 amide bonds. The first-order chi connectivity index (χ1) is 14.2. The number of amides is 3. The van der Waals surface area contributed by atoms with Crippen molar-refractivity contribution in [1.82, 2.24) is 25.0 Å². The van der Waals surface area contributed by atoms with Gasteiger partial charge in [-0.1, -0.05) is 11.8 Å². The molecular formula is C19H23N5O4S. The number of ether oxygens (including phenoxy) is 2. The van der Waals surface area contributed by atoms with E-state index in [2.05, 4.69) is 15.5 Å². The van der Waals surface area contributed by atoms with Crippen molar-refractivity contribution in [3.05, 3.63) is 24.3 Å². The Bertz CT molecular complexity index is 879. The molecule has 0 radical (unpaired) electrons. The van der Waals surface area contributed by atoms with Crippen LogP contribution >= 0.6 is 11.8 Å². The molecule has 10 heteroatoms. The molecule has 0 bridgehead atoms. The SMILES string of the molecule is COc1ccc(-c2nnc(SCC(=O)N3CCNC3=O)n2C[C@@H]2CCCO2)cc1. The van der Waals surface area contributed by atoms with Crippen molar-refractivity contribution >= 4 is 23.7 Å². The molecule has 0 aliphatic carbocycles. The molecule has 2 aliphatic heterocycles. The lowest BCUT2D eigenvalue weighted by atomic mass is 10.2. The minimum atomic E-state index is -0.338. The first-order valence-electron chi connectivity index (χ1n) is 9.56. The maximum Gasteiger partial charge on any atom is 0.324 e. The van der Waals surface area contributed by atoms with Gasteiger partial charge in [0.15, 0.2) is 11.0 Å². The van der Waals surface area contributed by atoms with Gasteiger partial charge in [-0.25, -0.2) is 4.79 Å². The van der Waals surface area contributed by atoms with Crippen LogP contribution < -0.4 is 10.1 Å². The van der Waals surface area contributed by atoms with Gasteiger partial charge in [-0.2, -0.15) is 0 Å². The predicted molar refractivity (Wildman–Crippen MR) is 107 cm³/mol. The standard InChI is InChI=1S/C19H23N5O4S/c1-27-14-6-4-13(5-7-14)17-21-22-19(24(17)11-15-3-2-10-28-15)29-12-16(25)23-9-8-20-18(23)26/h4-7,15H,2-3,8-12H2,1H3,(H,20,26)/t15-/m0/s1. The number of nitrogens with zero attached hydrogens (tertiary/aromatic N) is 4. The van der Waals surface area contributed by atoms with Gasteiger partial charge >= 0.3 is 6.03 Å². The Labute approximate surface area is 172 Å². The van der Waals surface area contributed by atoms with Crippen molar-refractivity contribution in [2.24, 2.45) is 0 Å². The first kappa shape index (κ1) is 19.7. The Kier molecular flexibility index (Phi) is 6.00. The van der Waals surface area contributed by atoms with Crippen LogP contribution in [-0.4, -0.2) is 70.3 Å². The summed E-state index contributed by atoms with van der Waals surface area (Å²) in [6.07, 6.45) is 2.12. The van der Waals surface area contributed by atoms with Crippen molar-refractivity contribution in [3.8, 4) is 17.1 Å². The predicted octanol–water partition coefficient (Wildman–Crippen LogP) is 1.78. The number of thioether (sulfide) groups is 1. The van der Waals surface area contributed by atoms with Gasteiger partial charge in [0, 0.05) is 25.3 Å². The average molecular weight is 417 g/mol. The highest BCUT2D eigenvalue weighted by Crippen LogP contribution is 2.28. The molecule has 1 aromatic carbocycles. The number of carbonyl (C=O) groups excluding carboxylic acids is 2. The van der Waals surface area contributed by atoms with Gasteiger partial charge in [-0.05, 0) is 37.1 Å². The maximum absolute atomic E-state index is 12.4. The molecule has 2 aliphatic rings. The molecule has 4 rings (SSSR count). The monoisotopic (exact) mass is 417 g/mol. The summed E-state index contributed by atoms with van der Waals surface area (Å²) in [5.41, 5.74) is 0.911. The second-order valence-corrected chi connectivity index (χ2v) is 7.79. The molecule has 0 unspecified atom stereocenters. The fourth-order valence-corrected chi connectivity index (χ4v) is 4.24. The molecule has 3 heterocycles. The van der Waals surface area contributed by atoms with E-state index in [-0.39, 0.29) is 23.8 Å². The van der Waals surface area contributed by atoms with Gasteiger partial charge in [0.1, 0.15) is 5.75 Å². The molecule has 0 saturated carbocycles. The number of carbonyl (C=O) groups is 2. The van der Waals surface area contributed by atoms with E-state index in [0.717, 1.165) is 36.6 Å². The van der Waals surface area contributed by atoms with Crippen LogP contribution in [0.4, 0.5) is 4.79 Å². The highest BCUT2D eigenvalue weighted by atomic mass is 32.2. The van der Waals surface area contributed by atoms with Crippen molar-refractivity contribution < 1.29 is 19.1 Å². The van der Waals surface area contributed by atoms with E-state index in [0.29, 0.717) is 24.8 Å². The summed E-state index contributed by atoms with van der Waals surface area (Å²) in [4.78, 5) is 25.3.